The van der Waals surface area contributed by atoms with Crippen molar-refractivity contribution in [3.05, 3.63) is 65.2 Å². The van der Waals surface area contributed by atoms with Crippen LogP contribution in [0.5, 0.6) is 0 Å². The van der Waals surface area contributed by atoms with Crippen LogP contribution in [0.15, 0.2) is 48.5 Å². The standard InChI is InChI=1S/C26H34N2/c1-3-26(27)24-16-12-22(13-17-24)10-8-20-4-6-21(7-5-20)9-11-23-14-18-25(28-2)19-15-23/h4-7,14-15,18-19,22,24,26,28H,3,8,10,12-13,16-17,27H2,1-2H3. The molecule has 1 fully saturated rings. The lowest BCUT2D eigenvalue weighted by Crippen LogP contribution is -2.32. The summed E-state index contributed by atoms with van der Waals surface area (Å²) in [4.78, 5) is 0. The van der Waals surface area contributed by atoms with Gasteiger partial charge in [-0.25, -0.2) is 0 Å². The summed E-state index contributed by atoms with van der Waals surface area (Å²) in [5.41, 5.74) is 10.9. The SMILES string of the molecule is CCC(N)C1CCC(CCc2ccc(C#Cc3ccc(NC)cc3)cc2)CC1. The van der Waals surface area contributed by atoms with Crippen LogP contribution in [0.25, 0.3) is 0 Å². The lowest BCUT2D eigenvalue weighted by atomic mass is 9.76. The van der Waals surface area contributed by atoms with Gasteiger partial charge < -0.3 is 11.1 Å². The summed E-state index contributed by atoms with van der Waals surface area (Å²) in [6.45, 7) is 2.21. The number of aryl methyl sites for hydroxylation is 1. The van der Waals surface area contributed by atoms with Crippen molar-refractivity contribution >= 4 is 5.69 Å². The zero-order valence-corrected chi connectivity index (χ0v) is 17.4. The summed E-state index contributed by atoms with van der Waals surface area (Å²) in [6.07, 6.45) is 8.95. The highest BCUT2D eigenvalue weighted by Crippen LogP contribution is 2.33. The fourth-order valence-corrected chi connectivity index (χ4v) is 4.23. The van der Waals surface area contributed by atoms with Gasteiger partial charge in [0.25, 0.3) is 0 Å². The van der Waals surface area contributed by atoms with Crippen LogP contribution in [0.3, 0.4) is 0 Å². The van der Waals surface area contributed by atoms with Crippen LogP contribution in [-0.2, 0) is 6.42 Å². The Balaban J connectivity index is 1.47. The van der Waals surface area contributed by atoms with Crippen LogP contribution in [0.1, 0.15) is 62.1 Å². The first-order valence-corrected chi connectivity index (χ1v) is 10.8. The van der Waals surface area contributed by atoms with E-state index >= 15 is 0 Å². The Morgan fingerprint density at radius 1 is 0.929 bits per heavy atom. The summed E-state index contributed by atoms with van der Waals surface area (Å²) >= 11 is 0. The zero-order chi connectivity index (χ0) is 19.8. The van der Waals surface area contributed by atoms with Gasteiger partial charge in [-0.2, -0.15) is 0 Å². The third kappa shape index (κ3) is 5.88. The Bertz CT molecular complexity index is 772. The second-order valence-corrected chi connectivity index (χ2v) is 8.17. The molecule has 3 N–H and O–H groups in total. The number of nitrogens with two attached hydrogens (primary N) is 1. The van der Waals surface area contributed by atoms with E-state index in [0.29, 0.717) is 6.04 Å². The summed E-state index contributed by atoms with van der Waals surface area (Å²) in [7, 11) is 1.93. The molecule has 1 aliphatic carbocycles. The van der Waals surface area contributed by atoms with E-state index in [4.69, 9.17) is 5.73 Å². The third-order valence-corrected chi connectivity index (χ3v) is 6.29. The van der Waals surface area contributed by atoms with Gasteiger partial charge in [0.1, 0.15) is 0 Å². The minimum absolute atomic E-state index is 0.413. The molecule has 0 saturated heterocycles. The maximum atomic E-state index is 6.23. The van der Waals surface area contributed by atoms with Gasteiger partial charge in [-0.1, -0.05) is 43.7 Å². The molecule has 0 aromatic heterocycles. The molecule has 148 valence electrons. The second-order valence-electron chi connectivity index (χ2n) is 8.17. The fourth-order valence-electron chi connectivity index (χ4n) is 4.23. The van der Waals surface area contributed by atoms with E-state index < -0.39 is 0 Å². The van der Waals surface area contributed by atoms with E-state index in [1.807, 2.05) is 7.05 Å². The zero-order valence-electron chi connectivity index (χ0n) is 17.4. The molecule has 3 rings (SSSR count). The Morgan fingerprint density at radius 3 is 2.04 bits per heavy atom. The van der Waals surface area contributed by atoms with Crippen LogP contribution in [-0.4, -0.2) is 13.1 Å². The first-order chi connectivity index (χ1) is 13.7. The van der Waals surface area contributed by atoms with Crippen molar-refractivity contribution < 1.29 is 0 Å². The molecule has 28 heavy (non-hydrogen) atoms. The maximum absolute atomic E-state index is 6.23. The lowest BCUT2D eigenvalue weighted by molar-refractivity contribution is 0.232. The summed E-state index contributed by atoms with van der Waals surface area (Å²) in [6, 6.07) is 17.4. The van der Waals surface area contributed by atoms with E-state index in [1.165, 1.54) is 44.1 Å². The van der Waals surface area contributed by atoms with E-state index in [9.17, 15) is 0 Å². The van der Waals surface area contributed by atoms with E-state index in [1.54, 1.807) is 0 Å². The molecule has 1 saturated carbocycles. The average Bonchev–Trinajstić information content (AvgIpc) is 2.77. The van der Waals surface area contributed by atoms with Crippen LogP contribution in [0.4, 0.5) is 5.69 Å². The lowest BCUT2D eigenvalue weighted by Gasteiger charge is -2.31. The van der Waals surface area contributed by atoms with Gasteiger partial charge in [0.2, 0.25) is 0 Å². The predicted molar refractivity (Wildman–Crippen MR) is 120 cm³/mol. The molecule has 0 heterocycles. The normalized spacial score (nSPS) is 20.1. The molecule has 1 unspecified atom stereocenters. The summed E-state index contributed by atoms with van der Waals surface area (Å²) in [5.74, 6) is 8.15. The smallest absolute Gasteiger partial charge is 0.0338 e. The number of benzene rings is 2. The predicted octanol–water partition coefficient (Wildman–Crippen LogP) is 5.60. The van der Waals surface area contributed by atoms with Gasteiger partial charge in [-0.3, -0.25) is 0 Å². The molecule has 1 aliphatic rings. The second kappa shape index (κ2) is 10.3. The van der Waals surface area contributed by atoms with Crippen molar-refractivity contribution in [2.45, 2.75) is 57.9 Å². The quantitative estimate of drug-likeness (QED) is 0.646. The summed E-state index contributed by atoms with van der Waals surface area (Å²) < 4.78 is 0. The molecule has 0 aliphatic heterocycles. The molecular formula is C26H34N2. The minimum Gasteiger partial charge on any atom is -0.388 e. The molecule has 0 bridgehead atoms. The van der Waals surface area contributed by atoms with Gasteiger partial charge >= 0.3 is 0 Å². The monoisotopic (exact) mass is 374 g/mol. The number of rotatable bonds is 6. The molecule has 0 amide bonds. The Morgan fingerprint density at radius 2 is 1.50 bits per heavy atom. The number of hydrogen-bond acceptors (Lipinski definition) is 2. The van der Waals surface area contributed by atoms with Gasteiger partial charge in [0.15, 0.2) is 0 Å². The molecular weight excluding hydrogens is 340 g/mol. The number of hydrogen-bond donors (Lipinski definition) is 2. The van der Waals surface area contributed by atoms with Crippen LogP contribution in [0.2, 0.25) is 0 Å². The average molecular weight is 375 g/mol. The van der Waals surface area contributed by atoms with E-state index in [-0.39, 0.29) is 0 Å². The molecule has 2 heteroatoms. The number of nitrogens with one attached hydrogen (secondary N) is 1. The third-order valence-electron chi connectivity index (χ3n) is 6.29. The minimum atomic E-state index is 0.413. The van der Waals surface area contributed by atoms with Crippen molar-refractivity contribution in [3.8, 4) is 11.8 Å². The summed E-state index contributed by atoms with van der Waals surface area (Å²) in [5, 5.41) is 3.13. The van der Waals surface area contributed by atoms with Crippen molar-refractivity contribution in [1.82, 2.24) is 0 Å². The van der Waals surface area contributed by atoms with Crippen molar-refractivity contribution in [2.75, 3.05) is 12.4 Å². The first-order valence-electron chi connectivity index (χ1n) is 10.8. The largest absolute Gasteiger partial charge is 0.388 e. The molecule has 0 spiro atoms. The topological polar surface area (TPSA) is 38.0 Å². The molecule has 2 aromatic rings. The van der Waals surface area contributed by atoms with Crippen molar-refractivity contribution in [3.63, 3.8) is 0 Å². The molecule has 1 atom stereocenters. The van der Waals surface area contributed by atoms with Gasteiger partial charge in [0, 0.05) is 29.9 Å². The highest BCUT2D eigenvalue weighted by Gasteiger charge is 2.24. The highest BCUT2D eigenvalue weighted by molar-refractivity contribution is 5.49. The highest BCUT2D eigenvalue weighted by atomic mass is 14.8. The molecule has 2 nitrogen and oxygen atoms in total. The van der Waals surface area contributed by atoms with Crippen molar-refractivity contribution in [2.24, 2.45) is 17.6 Å². The van der Waals surface area contributed by atoms with Crippen LogP contribution < -0.4 is 11.1 Å². The molecule has 0 radical (unpaired) electrons. The fraction of sp³-hybridized carbons (Fsp3) is 0.462. The first kappa shape index (κ1) is 20.5. The van der Waals surface area contributed by atoms with Crippen LogP contribution in [0, 0.1) is 23.7 Å². The number of anilines is 1. The van der Waals surface area contributed by atoms with Crippen molar-refractivity contribution in [1.29, 1.82) is 0 Å². The van der Waals surface area contributed by atoms with E-state index in [2.05, 4.69) is 72.6 Å². The van der Waals surface area contributed by atoms with Crippen LogP contribution >= 0.6 is 0 Å². The van der Waals surface area contributed by atoms with Gasteiger partial charge in [0.05, 0.1) is 0 Å². The van der Waals surface area contributed by atoms with Gasteiger partial charge in [-0.05, 0) is 85.9 Å². The Kier molecular flexibility index (Phi) is 7.57. The molecule has 2 aromatic carbocycles. The van der Waals surface area contributed by atoms with E-state index in [0.717, 1.165) is 35.1 Å². The van der Waals surface area contributed by atoms with Gasteiger partial charge in [-0.15, -0.1) is 0 Å². The Hall–Kier alpha value is -2.24. The maximum Gasteiger partial charge on any atom is 0.0338 e. The Labute approximate surface area is 170 Å².